The molecule has 0 spiro atoms. The quantitative estimate of drug-likeness (QED) is 0.717. The summed E-state index contributed by atoms with van der Waals surface area (Å²) >= 11 is 11.8. The van der Waals surface area contributed by atoms with Crippen molar-refractivity contribution in [3.05, 3.63) is 57.2 Å². The summed E-state index contributed by atoms with van der Waals surface area (Å²) in [6, 6.07) is 8.00. The number of halogens is 2. The fraction of sp³-hybridized carbons (Fsp3) is 0.200. The van der Waals surface area contributed by atoms with Crippen LogP contribution in [0, 0.1) is 0 Å². The lowest BCUT2D eigenvalue weighted by atomic mass is 10.3. The Kier molecular flexibility index (Phi) is 4.94. The first-order valence-corrected chi connectivity index (χ1v) is 7.66. The van der Waals surface area contributed by atoms with Crippen LogP contribution in [0.15, 0.2) is 50.2 Å². The van der Waals surface area contributed by atoms with Gasteiger partial charge in [-0.15, -0.1) is 5.10 Å². The molecule has 0 amide bonds. The number of furan rings is 1. The fourth-order valence-electron chi connectivity index (χ4n) is 1.95. The van der Waals surface area contributed by atoms with Gasteiger partial charge < -0.3 is 18.7 Å². The van der Waals surface area contributed by atoms with Crippen LogP contribution in [0.5, 0.6) is 5.75 Å². The van der Waals surface area contributed by atoms with E-state index in [4.69, 9.17) is 36.8 Å². The first-order valence-electron chi connectivity index (χ1n) is 6.90. The Hall–Kier alpha value is -2.22. The van der Waals surface area contributed by atoms with Gasteiger partial charge in [0.15, 0.2) is 5.76 Å². The molecule has 0 bridgehead atoms. The predicted octanol–water partition coefficient (Wildman–Crippen LogP) is 2.84. The fourth-order valence-corrected chi connectivity index (χ4v) is 2.28. The summed E-state index contributed by atoms with van der Waals surface area (Å²) < 4.78 is 16.5. The molecule has 9 heteroatoms. The van der Waals surface area contributed by atoms with Crippen LogP contribution < -0.4 is 10.5 Å². The van der Waals surface area contributed by atoms with Crippen LogP contribution in [-0.2, 0) is 6.54 Å². The van der Waals surface area contributed by atoms with Crippen LogP contribution >= 0.6 is 23.2 Å². The minimum Gasteiger partial charge on any atom is -0.489 e. The summed E-state index contributed by atoms with van der Waals surface area (Å²) in [6.07, 6.45) is 0.429. The van der Waals surface area contributed by atoms with Gasteiger partial charge >= 0.3 is 5.76 Å². The summed E-state index contributed by atoms with van der Waals surface area (Å²) in [5, 5.41) is 14.8. The number of aliphatic hydroxyl groups excluding tert-OH is 1. The van der Waals surface area contributed by atoms with Crippen molar-refractivity contribution in [2.75, 3.05) is 6.61 Å². The van der Waals surface area contributed by atoms with Crippen molar-refractivity contribution in [3.63, 3.8) is 0 Å². The molecule has 126 valence electrons. The van der Waals surface area contributed by atoms with Crippen LogP contribution in [0.25, 0.3) is 11.7 Å². The molecule has 3 rings (SSSR count). The van der Waals surface area contributed by atoms with E-state index in [1.807, 2.05) is 0 Å². The normalized spacial score (nSPS) is 12.3. The van der Waals surface area contributed by atoms with Crippen LogP contribution in [0.2, 0.25) is 10.0 Å². The van der Waals surface area contributed by atoms with Crippen molar-refractivity contribution in [2.24, 2.45) is 0 Å². The highest BCUT2D eigenvalue weighted by atomic mass is 35.5. The lowest BCUT2D eigenvalue weighted by Crippen LogP contribution is -2.29. The molecule has 1 unspecified atom stereocenters. The average Bonchev–Trinajstić information content (AvgIpc) is 3.19. The summed E-state index contributed by atoms with van der Waals surface area (Å²) in [5.74, 6) is -0.00784. The van der Waals surface area contributed by atoms with E-state index in [-0.39, 0.29) is 19.0 Å². The lowest BCUT2D eigenvalue weighted by Gasteiger charge is -2.12. The standard InChI is InChI=1S/C15H12Cl2N2O5/c16-9-3-4-11(17)13(6-9)23-8-10(20)7-19-15(21)24-14(18-19)12-2-1-5-22-12/h1-6,10,20H,7-8H2. The third kappa shape index (κ3) is 3.81. The van der Waals surface area contributed by atoms with Crippen molar-refractivity contribution >= 4 is 23.2 Å². The number of hydrogen-bond acceptors (Lipinski definition) is 6. The molecule has 1 N–H and O–H groups in total. The van der Waals surface area contributed by atoms with Gasteiger partial charge in [-0.3, -0.25) is 0 Å². The first kappa shape index (κ1) is 16.6. The molecule has 0 saturated carbocycles. The van der Waals surface area contributed by atoms with Crippen molar-refractivity contribution in [1.29, 1.82) is 0 Å². The van der Waals surface area contributed by atoms with E-state index < -0.39 is 11.9 Å². The summed E-state index contributed by atoms with van der Waals surface area (Å²) in [7, 11) is 0. The van der Waals surface area contributed by atoms with Gasteiger partial charge in [-0.25, -0.2) is 4.79 Å². The first-order chi connectivity index (χ1) is 11.5. The Bertz CT molecular complexity index is 872. The van der Waals surface area contributed by atoms with Gasteiger partial charge in [-0.1, -0.05) is 23.2 Å². The molecule has 0 radical (unpaired) electrons. The molecule has 7 nitrogen and oxygen atoms in total. The third-order valence-corrected chi connectivity index (χ3v) is 3.59. The Morgan fingerprint density at radius 2 is 2.17 bits per heavy atom. The highest BCUT2D eigenvalue weighted by Gasteiger charge is 2.16. The van der Waals surface area contributed by atoms with E-state index in [1.54, 1.807) is 24.3 Å². The monoisotopic (exact) mass is 370 g/mol. The van der Waals surface area contributed by atoms with Crippen molar-refractivity contribution in [2.45, 2.75) is 12.6 Å². The predicted molar refractivity (Wildman–Crippen MR) is 86.4 cm³/mol. The zero-order valence-electron chi connectivity index (χ0n) is 12.2. The molecule has 0 aliphatic rings. The average molecular weight is 371 g/mol. The van der Waals surface area contributed by atoms with Crippen LogP contribution in [0.3, 0.4) is 0 Å². The third-order valence-electron chi connectivity index (χ3n) is 3.05. The highest BCUT2D eigenvalue weighted by molar-refractivity contribution is 6.34. The second kappa shape index (κ2) is 7.12. The molecule has 1 aromatic carbocycles. The highest BCUT2D eigenvalue weighted by Crippen LogP contribution is 2.27. The number of rotatable bonds is 6. The molecule has 2 aromatic heterocycles. The molecule has 0 fully saturated rings. The van der Waals surface area contributed by atoms with Gasteiger partial charge in [-0.2, -0.15) is 4.68 Å². The number of hydrogen-bond donors (Lipinski definition) is 1. The van der Waals surface area contributed by atoms with Gasteiger partial charge in [0.05, 0.1) is 17.8 Å². The number of ether oxygens (including phenoxy) is 1. The number of benzene rings is 1. The summed E-state index contributed by atoms with van der Waals surface area (Å²) in [6.45, 7) is -0.212. The van der Waals surface area contributed by atoms with Gasteiger partial charge in [0, 0.05) is 11.1 Å². The van der Waals surface area contributed by atoms with Gasteiger partial charge in [-0.05, 0) is 24.3 Å². The van der Waals surface area contributed by atoms with Crippen LogP contribution in [0.1, 0.15) is 0 Å². The Balaban J connectivity index is 1.64. The maximum absolute atomic E-state index is 11.7. The van der Waals surface area contributed by atoms with E-state index in [0.717, 1.165) is 4.68 Å². The van der Waals surface area contributed by atoms with Crippen molar-refractivity contribution in [3.8, 4) is 17.4 Å². The second-order valence-corrected chi connectivity index (χ2v) is 5.72. The maximum Gasteiger partial charge on any atom is 0.437 e. The second-order valence-electron chi connectivity index (χ2n) is 4.87. The Morgan fingerprint density at radius 1 is 1.33 bits per heavy atom. The Morgan fingerprint density at radius 3 is 2.92 bits per heavy atom. The summed E-state index contributed by atoms with van der Waals surface area (Å²) in [4.78, 5) is 11.7. The smallest absolute Gasteiger partial charge is 0.437 e. The van der Waals surface area contributed by atoms with Gasteiger partial charge in [0.1, 0.15) is 18.5 Å². The van der Waals surface area contributed by atoms with Crippen molar-refractivity contribution in [1.82, 2.24) is 9.78 Å². The van der Waals surface area contributed by atoms with E-state index in [2.05, 4.69) is 5.10 Å². The number of nitrogens with zero attached hydrogens (tertiary/aromatic N) is 2. The molecule has 0 saturated heterocycles. The zero-order valence-corrected chi connectivity index (χ0v) is 13.7. The molecule has 0 aliphatic carbocycles. The van der Waals surface area contributed by atoms with E-state index >= 15 is 0 Å². The van der Waals surface area contributed by atoms with Crippen LogP contribution in [-0.4, -0.2) is 27.6 Å². The van der Waals surface area contributed by atoms with E-state index in [0.29, 0.717) is 21.6 Å². The largest absolute Gasteiger partial charge is 0.489 e. The zero-order chi connectivity index (χ0) is 17.1. The molecule has 24 heavy (non-hydrogen) atoms. The SMILES string of the molecule is O=c1oc(-c2ccco2)nn1CC(O)COc1cc(Cl)ccc1Cl. The molecular weight excluding hydrogens is 359 g/mol. The molecule has 3 aromatic rings. The molecular formula is C15H12Cl2N2O5. The van der Waals surface area contributed by atoms with E-state index in [1.165, 1.54) is 12.3 Å². The topological polar surface area (TPSA) is 90.6 Å². The van der Waals surface area contributed by atoms with Crippen molar-refractivity contribution < 1.29 is 18.7 Å². The lowest BCUT2D eigenvalue weighted by molar-refractivity contribution is 0.0876. The molecule has 1 atom stereocenters. The minimum absolute atomic E-state index is 0.0380. The number of aromatic nitrogens is 2. The summed E-state index contributed by atoms with van der Waals surface area (Å²) in [5.41, 5.74) is 0. The van der Waals surface area contributed by atoms with Gasteiger partial charge in [0.25, 0.3) is 5.89 Å². The molecule has 2 heterocycles. The minimum atomic E-state index is -1.01. The van der Waals surface area contributed by atoms with E-state index in [9.17, 15) is 9.90 Å². The number of aliphatic hydroxyl groups is 1. The Labute approximate surface area is 146 Å². The van der Waals surface area contributed by atoms with Crippen LogP contribution in [0.4, 0.5) is 0 Å². The molecule has 0 aliphatic heterocycles. The maximum atomic E-state index is 11.7. The van der Waals surface area contributed by atoms with Gasteiger partial charge in [0.2, 0.25) is 0 Å².